The predicted molar refractivity (Wildman–Crippen MR) is 77.7 cm³/mol. The molecule has 0 radical (unpaired) electrons. The summed E-state index contributed by atoms with van der Waals surface area (Å²) in [7, 11) is -3.10. The Hall–Kier alpha value is -1.28. The maximum Gasteiger partial charge on any atom is 0.182 e. The summed E-state index contributed by atoms with van der Waals surface area (Å²) >= 11 is 4.64. The van der Waals surface area contributed by atoms with E-state index in [0.717, 1.165) is 0 Å². The third-order valence-corrected chi connectivity index (χ3v) is 5.16. The van der Waals surface area contributed by atoms with Crippen LogP contribution in [0.4, 0.5) is 14.5 Å². The van der Waals surface area contributed by atoms with Crippen LogP contribution in [0.3, 0.4) is 0 Å². The molecule has 1 aliphatic heterocycles. The molecule has 0 aliphatic carbocycles. The van der Waals surface area contributed by atoms with Crippen LogP contribution in [0.1, 0.15) is 12.0 Å². The van der Waals surface area contributed by atoms with E-state index in [9.17, 15) is 17.2 Å². The van der Waals surface area contributed by atoms with E-state index in [2.05, 4.69) is 12.2 Å². The summed E-state index contributed by atoms with van der Waals surface area (Å²) in [6.07, 6.45) is 0.389. The van der Waals surface area contributed by atoms with Crippen LogP contribution in [0.15, 0.2) is 12.1 Å². The molecule has 8 heteroatoms. The van der Waals surface area contributed by atoms with Crippen LogP contribution < -0.4 is 10.6 Å². The second kappa shape index (κ2) is 5.61. The maximum atomic E-state index is 14.1. The molecule has 1 fully saturated rings. The molecule has 20 heavy (non-hydrogen) atoms. The molecule has 2 N–H and O–H groups in total. The van der Waals surface area contributed by atoms with Gasteiger partial charge in [0.05, 0.1) is 17.2 Å². The van der Waals surface area contributed by atoms with E-state index in [1.807, 2.05) is 0 Å². The van der Waals surface area contributed by atoms with Gasteiger partial charge in [-0.1, -0.05) is 12.2 Å². The fourth-order valence-electron chi connectivity index (χ4n) is 2.15. The van der Waals surface area contributed by atoms with Crippen LogP contribution in [0.2, 0.25) is 0 Å². The Morgan fingerprint density at radius 1 is 1.20 bits per heavy atom. The summed E-state index contributed by atoms with van der Waals surface area (Å²) in [6.45, 7) is 0.507. The number of nitrogens with two attached hydrogens (primary N) is 1. The average molecular weight is 320 g/mol. The number of sulfone groups is 1. The first-order valence-corrected chi connectivity index (χ1v) is 8.28. The first kappa shape index (κ1) is 15.1. The van der Waals surface area contributed by atoms with E-state index >= 15 is 0 Å². The van der Waals surface area contributed by atoms with Crippen LogP contribution in [0.25, 0.3) is 0 Å². The van der Waals surface area contributed by atoms with Gasteiger partial charge in [-0.15, -0.1) is 0 Å². The average Bonchev–Trinajstić information content (AvgIpc) is 2.53. The van der Waals surface area contributed by atoms with Crippen LogP contribution in [-0.2, 0) is 9.84 Å². The van der Waals surface area contributed by atoms with Crippen LogP contribution >= 0.6 is 12.2 Å². The number of thiocarbonyl (C=S) groups is 1. The second-order valence-corrected chi connectivity index (χ2v) is 7.36. The Balaban J connectivity index is 2.34. The minimum Gasteiger partial charge on any atom is -0.389 e. The molecule has 0 saturated carbocycles. The van der Waals surface area contributed by atoms with E-state index in [-0.39, 0.29) is 34.3 Å². The van der Waals surface area contributed by atoms with Crippen molar-refractivity contribution in [1.82, 2.24) is 0 Å². The van der Waals surface area contributed by atoms with Crippen LogP contribution in [0, 0.1) is 11.6 Å². The van der Waals surface area contributed by atoms with Gasteiger partial charge < -0.3 is 10.6 Å². The van der Waals surface area contributed by atoms with Gasteiger partial charge in [0.2, 0.25) is 0 Å². The fourth-order valence-corrected chi connectivity index (χ4v) is 3.58. The van der Waals surface area contributed by atoms with Gasteiger partial charge in [-0.25, -0.2) is 17.2 Å². The summed E-state index contributed by atoms with van der Waals surface area (Å²) in [6, 6.07) is 2.69. The Morgan fingerprint density at radius 3 is 2.55 bits per heavy atom. The van der Waals surface area contributed by atoms with E-state index in [0.29, 0.717) is 13.0 Å². The van der Waals surface area contributed by atoms with E-state index in [1.165, 1.54) is 17.0 Å². The Morgan fingerprint density at radius 2 is 1.90 bits per heavy atom. The molecule has 4 nitrogen and oxygen atoms in total. The summed E-state index contributed by atoms with van der Waals surface area (Å²) in [4.78, 5) is 1.32. The monoisotopic (exact) mass is 320 g/mol. The van der Waals surface area contributed by atoms with E-state index in [4.69, 9.17) is 5.73 Å². The molecule has 0 aromatic heterocycles. The third-order valence-electron chi connectivity index (χ3n) is 3.22. The number of halogens is 2. The van der Waals surface area contributed by atoms with Gasteiger partial charge in [-0.05, 0) is 18.6 Å². The van der Waals surface area contributed by atoms with Crippen molar-refractivity contribution in [3.8, 4) is 0 Å². The highest BCUT2D eigenvalue weighted by molar-refractivity contribution is 7.91. The predicted octanol–water partition coefficient (Wildman–Crippen LogP) is 1.22. The largest absolute Gasteiger partial charge is 0.389 e. The van der Waals surface area contributed by atoms with Crippen molar-refractivity contribution in [3.63, 3.8) is 0 Å². The molecule has 0 amide bonds. The summed E-state index contributed by atoms with van der Waals surface area (Å²) in [5.74, 6) is -2.14. The minimum absolute atomic E-state index is 0.0413. The number of hydrogen-bond donors (Lipinski definition) is 1. The first-order valence-electron chi connectivity index (χ1n) is 6.05. The lowest BCUT2D eigenvalue weighted by Gasteiger charge is -2.23. The lowest BCUT2D eigenvalue weighted by atomic mass is 10.1. The van der Waals surface area contributed by atoms with Gasteiger partial charge >= 0.3 is 0 Å². The first-order chi connectivity index (χ1) is 9.32. The van der Waals surface area contributed by atoms with Gasteiger partial charge in [0.15, 0.2) is 21.5 Å². The highest BCUT2D eigenvalue weighted by atomic mass is 32.2. The molecular formula is C12H14F2N2O2S2. The zero-order valence-electron chi connectivity index (χ0n) is 10.6. The quantitative estimate of drug-likeness (QED) is 0.830. The number of hydrogen-bond acceptors (Lipinski definition) is 4. The number of anilines is 1. The zero-order valence-corrected chi connectivity index (χ0v) is 12.2. The van der Waals surface area contributed by atoms with Crippen molar-refractivity contribution >= 4 is 32.7 Å². The van der Waals surface area contributed by atoms with Gasteiger partial charge in [0.1, 0.15) is 4.99 Å². The Kier molecular flexibility index (Phi) is 4.24. The molecule has 2 rings (SSSR count). The van der Waals surface area contributed by atoms with Gasteiger partial charge in [0, 0.05) is 18.7 Å². The van der Waals surface area contributed by atoms with Gasteiger partial charge in [0.25, 0.3) is 0 Å². The van der Waals surface area contributed by atoms with E-state index in [1.54, 1.807) is 0 Å². The molecule has 1 aromatic rings. The molecular weight excluding hydrogens is 306 g/mol. The molecule has 0 spiro atoms. The van der Waals surface area contributed by atoms with Crippen molar-refractivity contribution in [2.75, 3.05) is 29.5 Å². The normalized spacial score (nSPS) is 18.6. The molecule has 1 saturated heterocycles. The Bertz CT molecular complexity index is 647. The standard InChI is InChI=1S/C12H14F2N2O2S2/c13-10-8(12(15)19)2-3-9(11(10)14)16-4-1-6-20(17,18)7-5-16/h2-3H,1,4-7H2,(H2,15,19). The van der Waals surface area contributed by atoms with Gasteiger partial charge in [-0.2, -0.15) is 0 Å². The van der Waals surface area contributed by atoms with Crippen molar-refractivity contribution < 1.29 is 17.2 Å². The van der Waals surface area contributed by atoms with Crippen molar-refractivity contribution in [1.29, 1.82) is 0 Å². The molecule has 0 unspecified atom stereocenters. The summed E-state index contributed by atoms with van der Waals surface area (Å²) < 4.78 is 50.9. The lowest BCUT2D eigenvalue weighted by Crippen LogP contribution is -2.28. The Labute approximate surface area is 121 Å². The molecule has 0 atom stereocenters. The number of nitrogens with zero attached hydrogens (tertiary/aromatic N) is 1. The SMILES string of the molecule is NC(=S)c1ccc(N2CCCS(=O)(=O)CC2)c(F)c1F. The molecule has 0 bridgehead atoms. The molecule has 1 aromatic carbocycles. The second-order valence-electron chi connectivity index (χ2n) is 4.62. The summed E-state index contributed by atoms with van der Waals surface area (Å²) in [5.41, 5.74) is 5.20. The van der Waals surface area contributed by atoms with Crippen LogP contribution in [-0.4, -0.2) is 38.0 Å². The van der Waals surface area contributed by atoms with E-state index < -0.39 is 21.5 Å². The molecule has 110 valence electrons. The number of rotatable bonds is 2. The number of benzene rings is 1. The highest BCUT2D eigenvalue weighted by Crippen LogP contribution is 2.25. The van der Waals surface area contributed by atoms with Crippen molar-refractivity contribution in [2.24, 2.45) is 5.73 Å². The topological polar surface area (TPSA) is 63.4 Å². The fraction of sp³-hybridized carbons (Fsp3) is 0.417. The highest BCUT2D eigenvalue weighted by Gasteiger charge is 2.23. The van der Waals surface area contributed by atoms with Gasteiger partial charge in [-0.3, -0.25) is 0 Å². The lowest BCUT2D eigenvalue weighted by molar-refractivity contribution is 0.505. The van der Waals surface area contributed by atoms with Crippen LogP contribution in [0.5, 0.6) is 0 Å². The van der Waals surface area contributed by atoms with Crippen molar-refractivity contribution in [3.05, 3.63) is 29.3 Å². The van der Waals surface area contributed by atoms with Crippen molar-refractivity contribution in [2.45, 2.75) is 6.42 Å². The third kappa shape index (κ3) is 3.06. The molecule has 1 aliphatic rings. The summed E-state index contributed by atoms with van der Waals surface area (Å²) in [5, 5.41) is 0. The molecule has 1 heterocycles. The minimum atomic E-state index is -3.10. The zero-order chi connectivity index (χ0) is 14.9. The maximum absolute atomic E-state index is 14.1. The smallest absolute Gasteiger partial charge is 0.182 e.